The molecule has 14 heavy (non-hydrogen) atoms. The fraction of sp³-hybridized carbons (Fsp3) is 0.364. The molecule has 0 saturated heterocycles. The van der Waals surface area contributed by atoms with Gasteiger partial charge in [-0.15, -0.1) is 0 Å². The molecule has 0 saturated carbocycles. The zero-order chi connectivity index (χ0) is 10.4. The number of nitrogens with one attached hydrogen (secondary N) is 1. The van der Waals surface area contributed by atoms with Crippen LogP contribution in [-0.2, 0) is 4.79 Å². The zero-order valence-corrected chi connectivity index (χ0v) is 8.54. The van der Waals surface area contributed by atoms with Crippen molar-refractivity contribution in [3.8, 4) is 5.75 Å². The predicted molar refractivity (Wildman–Crippen MR) is 56.5 cm³/mol. The SMILES string of the molecule is CCCC(=O)Nc1cccc(OC)c1. The average molecular weight is 193 g/mol. The number of benzene rings is 1. The van der Waals surface area contributed by atoms with E-state index >= 15 is 0 Å². The standard InChI is InChI=1S/C11H15NO2/c1-3-5-11(13)12-9-6-4-7-10(8-9)14-2/h4,6-8H,3,5H2,1-2H3,(H,12,13). The number of hydrogen-bond acceptors (Lipinski definition) is 2. The molecule has 0 aliphatic heterocycles. The van der Waals surface area contributed by atoms with Gasteiger partial charge in [-0.1, -0.05) is 13.0 Å². The number of amides is 1. The van der Waals surface area contributed by atoms with Crippen molar-refractivity contribution in [3.05, 3.63) is 24.3 Å². The first kappa shape index (κ1) is 10.6. The molecule has 0 fully saturated rings. The van der Waals surface area contributed by atoms with E-state index in [2.05, 4.69) is 5.32 Å². The molecule has 1 amide bonds. The lowest BCUT2D eigenvalue weighted by Crippen LogP contribution is -2.10. The van der Waals surface area contributed by atoms with Crippen LogP contribution in [0.3, 0.4) is 0 Å². The van der Waals surface area contributed by atoms with Gasteiger partial charge < -0.3 is 10.1 Å². The molecule has 3 nitrogen and oxygen atoms in total. The minimum absolute atomic E-state index is 0.0424. The summed E-state index contributed by atoms with van der Waals surface area (Å²) in [5.74, 6) is 0.792. The summed E-state index contributed by atoms with van der Waals surface area (Å²) in [5, 5.41) is 2.80. The number of methoxy groups -OCH3 is 1. The van der Waals surface area contributed by atoms with E-state index in [-0.39, 0.29) is 5.91 Å². The monoisotopic (exact) mass is 193 g/mol. The number of carbonyl (C=O) groups is 1. The van der Waals surface area contributed by atoms with Gasteiger partial charge in [-0.25, -0.2) is 0 Å². The molecule has 0 unspecified atom stereocenters. The molecular formula is C11H15NO2. The van der Waals surface area contributed by atoms with Crippen molar-refractivity contribution in [3.63, 3.8) is 0 Å². The molecular weight excluding hydrogens is 178 g/mol. The highest BCUT2D eigenvalue weighted by Crippen LogP contribution is 2.16. The van der Waals surface area contributed by atoms with Gasteiger partial charge in [0, 0.05) is 18.2 Å². The predicted octanol–water partition coefficient (Wildman–Crippen LogP) is 2.43. The second kappa shape index (κ2) is 5.27. The first-order valence-corrected chi connectivity index (χ1v) is 4.70. The van der Waals surface area contributed by atoms with Gasteiger partial charge >= 0.3 is 0 Å². The van der Waals surface area contributed by atoms with Gasteiger partial charge in [-0.3, -0.25) is 4.79 Å². The first-order valence-electron chi connectivity index (χ1n) is 4.70. The molecule has 0 heterocycles. The highest BCUT2D eigenvalue weighted by atomic mass is 16.5. The van der Waals surface area contributed by atoms with E-state index < -0.39 is 0 Å². The first-order chi connectivity index (χ1) is 6.76. The van der Waals surface area contributed by atoms with E-state index in [4.69, 9.17) is 4.74 Å². The molecule has 1 N–H and O–H groups in total. The lowest BCUT2D eigenvalue weighted by molar-refractivity contribution is -0.116. The Kier molecular flexibility index (Phi) is 3.98. The smallest absolute Gasteiger partial charge is 0.224 e. The summed E-state index contributed by atoms with van der Waals surface area (Å²) in [6, 6.07) is 7.33. The van der Waals surface area contributed by atoms with Crippen molar-refractivity contribution >= 4 is 11.6 Å². The Morgan fingerprint density at radius 3 is 2.93 bits per heavy atom. The number of anilines is 1. The zero-order valence-electron chi connectivity index (χ0n) is 8.54. The van der Waals surface area contributed by atoms with Crippen molar-refractivity contribution < 1.29 is 9.53 Å². The van der Waals surface area contributed by atoms with E-state index in [1.54, 1.807) is 13.2 Å². The fourth-order valence-electron chi connectivity index (χ4n) is 1.15. The van der Waals surface area contributed by atoms with Crippen LogP contribution in [0.4, 0.5) is 5.69 Å². The van der Waals surface area contributed by atoms with Gasteiger partial charge in [-0.05, 0) is 18.6 Å². The fourth-order valence-corrected chi connectivity index (χ4v) is 1.15. The minimum Gasteiger partial charge on any atom is -0.497 e. The van der Waals surface area contributed by atoms with E-state index in [1.807, 2.05) is 25.1 Å². The van der Waals surface area contributed by atoms with Crippen molar-refractivity contribution in [2.75, 3.05) is 12.4 Å². The maximum Gasteiger partial charge on any atom is 0.224 e. The molecule has 0 spiro atoms. The normalized spacial score (nSPS) is 9.57. The number of hydrogen-bond donors (Lipinski definition) is 1. The lowest BCUT2D eigenvalue weighted by Gasteiger charge is -2.05. The Morgan fingerprint density at radius 1 is 1.50 bits per heavy atom. The Morgan fingerprint density at radius 2 is 2.29 bits per heavy atom. The molecule has 0 radical (unpaired) electrons. The maximum atomic E-state index is 11.3. The van der Waals surface area contributed by atoms with Crippen LogP contribution in [0.15, 0.2) is 24.3 Å². The van der Waals surface area contributed by atoms with Crippen LogP contribution in [0.2, 0.25) is 0 Å². The molecule has 0 aliphatic rings. The van der Waals surface area contributed by atoms with Crippen LogP contribution in [0.5, 0.6) is 5.75 Å². The van der Waals surface area contributed by atoms with Gasteiger partial charge in [0.05, 0.1) is 7.11 Å². The molecule has 0 atom stereocenters. The Hall–Kier alpha value is -1.51. The van der Waals surface area contributed by atoms with E-state index in [9.17, 15) is 4.79 Å². The highest BCUT2D eigenvalue weighted by molar-refractivity contribution is 5.90. The van der Waals surface area contributed by atoms with Crippen molar-refractivity contribution in [2.45, 2.75) is 19.8 Å². The van der Waals surface area contributed by atoms with Gasteiger partial charge in [0.1, 0.15) is 5.75 Å². The number of carbonyl (C=O) groups excluding carboxylic acids is 1. The van der Waals surface area contributed by atoms with Crippen LogP contribution in [-0.4, -0.2) is 13.0 Å². The molecule has 3 heteroatoms. The van der Waals surface area contributed by atoms with E-state index in [1.165, 1.54) is 0 Å². The summed E-state index contributed by atoms with van der Waals surface area (Å²) < 4.78 is 5.05. The Balaban J connectivity index is 2.62. The third-order valence-corrected chi connectivity index (χ3v) is 1.83. The largest absolute Gasteiger partial charge is 0.497 e. The molecule has 0 aliphatic carbocycles. The van der Waals surface area contributed by atoms with Crippen LogP contribution < -0.4 is 10.1 Å². The number of ether oxygens (including phenoxy) is 1. The van der Waals surface area contributed by atoms with Gasteiger partial charge in [0.2, 0.25) is 5.91 Å². The lowest BCUT2D eigenvalue weighted by atomic mass is 10.2. The summed E-state index contributed by atoms with van der Waals surface area (Å²) >= 11 is 0. The minimum atomic E-state index is 0.0424. The summed E-state index contributed by atoms with van der Waals surface area (Å²) in [5.41, 5.74) is 0.780. The Labute approximate surface area is 84.1 Å². The van der Waals surface area contributed by atoms with Crippen molar-refractivity contribution in [2.24, 2.45) is 0 Å². The highest BCUT2D eigenvalue weighted by Gasteiger charge is 2.00. The molecule has 0 aromatic heterocycles. The average Bonchev–Trinajstić information content (AvgIpc) is 2.18. The van der Waals surface area contributed by atoms with Crippen LogP contribution in [0.1, 0.15) is 19.8 Å². The number of rotatable bonds is 4. The summed E-state index contributed by atoms with van der Waals surface area (Å²) in [7, 11) is 1.60. The quantitative estimate of drug-likeness (QED) is 0.797. The molecule has 0 bridgehead atoms. The van der Waals surface area contributed by atoms with Crippen molar-refractivity contribution in [1.29, 1.82) is 0 Å². The van der Waals surface area contributed by atoms with Gasteiger partial charge in [0.15, 0.2) is 0 Å². The molecule has 1 aromatic rings. The maximum absolute atomic E-state index is 11.3. The molecule has 1 aromatic carbocycles. The summed E-state index contributed by atoms with van der Waals surface area (Å²) in [6.45, 7) is 1.98. The second-order valence-corrected chi connectivity index (χ2v) is 3.03. The third-order valence-electron chi connectivity index (χ3n) is 1.83. The third kappa shape index (κ3) is 3.09. The van der Waals surface area contributed by atoms with Crippen LogP contribution in [0.25, 0.3) is 0 Å². The van der Waals surface area contributed by atoms with Gasteiger partial charge in [0.25, 0.3) is 0 Å². The summed E-state index contributed by atoms with van der Waals surface area (Å²) in [6.07, 6.45) is 1.41. The van der Waals surface area contributed by atoms with Crippen molar-refractivity contribution in [1.82, 2.24) is 0 Å². The summed E-state index contributed by atoms with van der Waals surface area (Å²) in [4.78, 5) is 11.3. The van der Waals surface area contributed by atoms with Gasteiger partial charge in [-0.2, -0.15) is 0 Å². The molecule has 1 rings (SSSR count). The Bertz CT molecular complexity index is 310. The van der Waals surface area contributed by atoms with E-state index in [0.29, 0.717) is 6.42 Å². The topological polar surface area (TPSA) is 38.3 Å². The van der Waals surface area contributed by atoms with Crippen LogP contribution in [0, 0.1) is 0 Å². The van der Waals surface area contributed by atoms with Crippen LogP contribution >= 0.6 is 0 Å². The second-order valence-electron chi connectivity index (χ2n) is 3.03. The van der Waals surface area contributed by atoms with E-state index in [0.717, 1.165) is 17.9 Å². The molecule has 76 valence electrons.